The lowest BCUT2D eigenvalue weighted by Gasteiger charge is -2.00. The number of amides is 1. The maximum absolute atomic E-state index is 11.8. The fourth-order valence-corrected chi connectivity index (χ4v) is 6.94. The molecule has 10 aromatic rings. The van der Waals surface area contributed by atoms with E-state index >= 15 is 0 Å². The number of aryl methyl sites for hydroxylation is 3. The van der Waals surface area contributed by atoms with Crippen molar-refractivity contribution < 1.29 is 34.2 Å². The molecule has 0 saturated heterocycles. The van der Waals surface area contributed by atoms with Crippen molar-refractivity contribution in [2.75, 3.05) is 6.54 Å². The summed E-state index contributed by atoms with van der Waals surface area (Å²) in [6.07, 6.45) is 10.6. The van der Waals surface area contributed by atoms with Gasteiger partial charge in [-0.1, -0.05) is 160 Å². The van der Waals surface area contributed by atoms with Crippen molar-refractivity contribution in [3.05, 3.63) is 194 Å². The molecule has 13 nitrogen and oxygen atoms in total. The zero-order chi connectivity index (χ0) is 56.2. The van der Waals surface area contributed by atoms with Crippen molar-refractivity contribution in [2.24, 2.45) is 21.1 Å². The van der Waals surface area contributed by atoms with Gasteiger partial charge in [-0.15, -0.1) is 13.2 Å². The molecular formula is C61H78N6O7. The van der Waals surface area contributed by atoms with Gasteiger partial charge in [-0.3, -0.25) is 19.2 Å². The minimum atomic E-state index is -1.06. The van der Waals surface area contributed by atoms with Crippen LogP contribution >= 0.6 is 0 Å². The topological polar surface area (TPSA) is 184 Å². The predicted octanol–water partition coefficient (Wildman–Crippen LogP) is 14.9. The number of aldehydes is 2. The summed E-state index contributed by atoms with van der Waals surface area (Å²) < 4.78 is 5.61. The van der Waals surface area contributed by atoms with E-state index in [-0.39, 0.29) is 12.5 Å². The number of carboxylic acids is 2. The third kappa shape index (κ3) is 18.8. The Kier molecular flexibility index (Phi) is 32.8. The number of benzene rings is 5. The van der Waals surface area contributed by atoms with Gasteiger partial charge in [0.25, 0.3) is 5.91 Å². The monoisotopic (exact) mass is 1010 g/mol. The highest BCUT2D eigenvalue weighted by atomic mass is 16.4. The zero-order valence-electron chi connectivity index (χ0n) is 45.6. The number of carbonyl (C=O) groups is 5. The molecule has 5 aromatic carbocycles. The number of rotatable bonds is 6. The molecule has 0 aliphatic carbocycles. The van der Waals surface area contributed by atoms with Gasteiger partial charge < -0.3 is 39.2 Å². The van der Waals surface area contributed by atoms with Crippen molar-refractivity contribution in [3.63, 3.8) is 0 Å². The SMILES string of the molecule is C=C.CC.CC.CC.CC.CC.Cn1cc(C(=O)NCC(=O)O)c2ccccc21.Cn1cc(C(=O)O)c2ccccc21.Cn1cc(C=O)c2ccccc21.O=Cc1c[nH]c2ccccc12.c1ccc2[nH]ccc2c1. The average molecular weight is 1010 g/mol. The second-order valence-corrected chi connectivity index (χ2v) is 14.0. The summed E-state index contributed by atoms with van der Waals surface area (Å²) in [6.45, 7) is 25.6. The molecule has 5 heterocycles. The molecule has 10 rings (SSSR count). The summed E-state index contributed by atoms with van der Waals surface area (Å²) in [5.41, 5.74) is 7.52. The summed E-state index contributed by atoms with van der Waals surface area (Å²) in [4.78, 5) is 60.2. The molecule has 5 N–H and O–H groups in total. The van der Waals surface area contributed by atoms with Crippen LogP contribution in [0.2, 0.25) is 0 Å². The first-order valence-corrected chi connectivity index (χ1v) is 24.8. The van der Waals surface area contributed by atoms with Crippen LogP contribution < -0.4 is 5.32 Å². The second kappa shape index (κ2) is 37.1. The fourth-order valence-electron chi connectivity index (χ4n) is 6.94. The molecule has 1 amide bonds. The van der Waals surface area contributed by atoms with Crippen LogP contribution in [0.5, 0.6) is 0 Å². The number of hydrogen-bond acceptors (Lipinski definition) is 5. The van der Waals surface area contributed by atoms with Gasteiger partial charge in [-0.25, -0.2) is 4.79 Å². The molecule has 5 aromatic heterocycles. The maximum atomic E-state index is 11.8. The van der Waals surface area contributed by atoms with Crippen LogP contribution in [-0.2, 0) is 25.9 Å². The number of aromatic nitrogens is 5. The molecule has 0 bridgehead atoms. The standard InChI is InChI=1S/C12H12N2O3.C10H9NO2.C10H9NO.C9H7NO.C8H7N.5C2H6.C2H4/c1-14-7-9(12(17)13-6-11(15)16)8-4-2-3-5-10(8)14;1-11-6-8(10(12)13)7-4-2-3-5-9(7)11;1-11-6-8(7-12)9-4-2-3-5-10(9)11;11-6-7-5-10-9-4-2-1-3-8(7)9;1-2-4-8-7(3-1)5-6-9-8;6*1-2/h2-5,7H,6H2,1H3,(H,13,17)(H,15,16);2-6H,1H3,(H,12,13);2-7H,1H3;1-6,10H;1-6,9H;5*1-2H3;1-2H2. The van der Waals surface area contributed by atoms with E-state index in [9.17, 15) is 24.0 Å². The number of carboxylic acid groups (broad SMARTS) is 2. The van der Waals surface area contributed by atoms with E-state index in [0.717, 1.165) is 67.3 Å². The van der Waals surface area contributed by atoms with Crippen LogP contribution in [0.25, 0.3) is 54.5 Å². The Labute approximate surface area is 437 Å². The van der Waals surface area contributed by atoms with E-state index < -0.39 is 11.9 Å². The van der Waals surface area contributed by atoms with Gasteiger partial charge in [-0.05, 0) is 41.8 Å². The summed E-state index contributed by atoms with van der Waals surface area (Å²) >= 11 is 0. The van der Waals surface area contributed by atoms with Gasteiger partial charge in [-0.2, -0.15) is 0 Å². The van der Waals surface area contributed by atoms with Crippen molar-refractivity contribution in [1.82, 2.24) is 29.0 Å². The van der Waals surface area contributed by atoms with E-state index in [2.05, 4.69) is 46.6 Å². The molecule has 0 atom stereocenters. The van der Waals surface area contributed by atoms with E-state index in [4.69, 9.17) is 10.2 Å². The maximum Gasteiger partial charge on any atom is 0.337 e. The summed E-state index contributed by atoms with van der Waals surface area (Å²) in [6, 6.07) is 40.8. The lowest BCUT2D eigenvalue weighted by Crippen LogP contribution is -2.29. The number of nitrogens with zero attached hydrogens (tertiary/aromatic N) is 3. The van der Waals surface area contributed by atoms with Crippen LogP contribution in [0.1, 0.15) is 111 Å². The number of fused-ring (bicyclic) bond motifs is 5. The van der Waals surface area contributed by atoms with Crippen LogP contribution in [-0.4, -0.2) is 70.8 Å². The van der Waals surface area contributed by atoms with E-state index in [1.54, 1.807) is 18.6 Å². The predicted molar refractivity (Wildman–Crippen MR) is 311 cm³/mol. The van der Waals surface area contributed by atoms with Gasteiger partial charge in [0, 0.05) is 112 Å². The Morgan fingerprint density at radius 2 is 0.905 bits per heavy atom. The van der Waals surface area contributed by atoms with Gasteiger partial charge in [0.1, 0.15) is 6.54 Å². The summed E-state index contributed by atoms with van der Waals surface area (Å²) in [7, 11) is 5.63. The Morgan fingerprint density at radius 3 is 1.39 bits per heavy atom. The summed E-state index contributed by atoms with van der Waals surface area (Å²) in [5, 5.41) is 24.6. The molecule has 0 radical (unpaired) electrons. The first kappa shape index (κ1) is 65.3. The number of carbonyl (C=O) groups excluding carboxylic acids is 3. The molecule has 0 fully saturated rings. The Bertz CT molecular complexity index is 3150. The molecule has 13 heteroatoms. The van der Waals surface area contributed by atoms with Gasteiger partial charge in [0.2, 0.25) is 0 Å². The molecule has 394 valence electrons. The smallest absolute Gasteiger partial charge is 0.337 e. The van der Waals surface area contributed by atoms with Gasteiger partial charge in [0.05, 0.1) is 11.1 Å². The van der Waals surface area contributed by atoms with E-state index in [0.29, 0.717) is 11.1 Å². The number of aromatic carboxylic acids is 1. The number of para-hydroxylation sites is 5. The first-order chi connectivity index (χ1) is 36.0. The number of aliphatic carboxylic acids is 1. The third-order valence-electron chi connectivity index (χ3n) is 9.93. The Morgan fingerprint density at radius 1 is 0.500 bits per heavy atom. The van der Waals surface area contributed by atoms with Crippen molar-refractivity contribution in [3.8, 4) is 0 Å². The molecule has 74 heavy (non-hydrogen) atoms. The van der Waals surface area contributed by atoms with Crippen LogP contribution in [0.3, 0.4) is 0 Å². The molecule has 0 aliphatic heterocycles. The lowest BCUT2D eigenvalue weighted by molar-refractivity contribution is -0.135. The number of H-pyrrole nitrogens is 2. The molecular weight excluding hydrogens is 929 g/mol. The highest BCUT2D eigenvalue weighted by Crippen LogP contribution is 2.22. The van der Waals surface area contributed by atoms with Crippen LogP contribution in [0.15, 0.2) is 172 Å². The Balaban J connectivity index is 0.000000863. The van der Waals surface area contributed by atoms with Crippen molar-refractivity contribution in [1.29, 1.82) is 0 Å². The van der Waals surface area contributed by atoms with Crippen LogP contribution in [0.4, 0.5) is 0 Å². The molecule has 0 spiro atoms. The highest BCUT2D eigenvalue weighted by molar-refractivity contribution is 6.07. The number of nitrogens with one attached hydrogen (secondary N) is 3. The second-order valence-electron chi connectivity index (χ2n) is 14.0. The quantitative estimate of drug-likeness (QED) is 0.0810. The fraction of sp³-hybridized carbons (Fsp3) is 0.230. The lowest BCUT2D eigenvalue weighted by atomic mass is 10.1. The van der Waals surface area contributed by atoms with Gasteiger partial charge in [0.15, 0.2) is 12.6 Å². The molecule has 0 saturated carbocycles. The Hall–Kier alpha value is -8.71. The molecule has 0 unspecified atom stereocenters. The molecule has 0 aliphatic rings. The number of hydrogen-bond donors (Lipinski definition) is 5. The number of aromatic amines is 2. The van der Waals surface area contributed by atoms with E-state index in [1.807, 2.05) is 226 Å². The highest BCUT2D eigenvalue weighted by Gasteiger charge is 2.14. The normalized spacial score (nSPS) is 9.15. The zero-order valence-corrected chi connectivity index (χ0v) is 45.6. The van der Waals surface area contributed by atoms with Gasteiger partial charge >= 0.3 is 11.9 Å². The summed E-state index contributed by atoms with van der Waals surface area (Å²) in [5.74, 6) is -2.31. The largest absolute Gasteiger partial charge is 0.480 e. The van der Waals surface area contributed by atoms with E-state index in [1.165, 1.54) is 10.9 Å². The minimum Gasteiger partial charge on any atom is -0.480 e. The van der Waals surface area contributed by atoms with Crippen molar-refractivity contribution >= 4 is 84.9 Å². The first-order valence-electron chi connectivity index (χ1n) is 24.8. The average Bonchev–Trinajstić information content (AvgIpc) is 4.32. The third-order valence-corrected chi connectivity index (χ3v) is 9.93. The van der Waals surface area contributed by atoms with Crippen LogP contribution in [0, 0.1) is 0 Å². The van der Waals surface area contributed by atoms with Crippen molar-refractivity contribution in [2.45, 2.75) is 69.2 Å². The minimum absolute atomic E-state index is 0.359.